The van der Waals surface area contributed by atoms with E-state index < -0.39 is 0 Å². The molecule has 3 aromatic rings. The lowest BCUT2D eigenvalue weighted by Crippen LogP contribution is -2.15. The molecule has 25 heavy (non-hydrogen) atoms. The Hall–Kier alpha value is -2.80. The molecule has 0 amide bonds. The molecule has 0 aliphatic carbocycles. The van der Waals surface area contributed by atoms with E-state index in [1.54, 1.807) is 16.9 Å². The quantitative estimate of drug-likeness (QED) is 0.657. The highest BCUT2D eigenvalue weighted by molar-refractivity contribution is 7.17. The minimum atomic E-state index is -0.319. The number of hydrogen-bond acceptors (Lipinski definition) is 6. The summed E-state index contributed by atoms with van der Waals surface area (Å²) in [4.78, 5) is 13.7. The number of benzene rings is 1. The first-order chi connectivity index (χ1) is 12.3. The first-order valence-electron chi connectivity index (χ1n) is 7.94. The molecule has 4 rings (SSSR count). The normalized spacial score (nSPS) is 12.8. The van der Waals surface area contributed by atoms with E-state index in [-0.39, 0.29) is 12.6 Å². The van der Waals surface area contributed by atoms with E-state index in [4.69, 9.17) is 14.2 Å². The molecule has 2 aromatic heterocycles. The van der Waals surface area contributed by atoms with Gasteiger partial charge in [0.05, 0.1) is 6.54 Å². The zero-order valence-corrected chi connectivity index (χ0v) is 14.2. The van der Waals surface area contributed by atoms with Crippen LogP contribution in [0.1, 0.15) is 9.67 Å². The van der Waals surface area contributed by atoms with Crippen LogP contribution in [0.2, 0.25) is 0 Å². The average molecular weight is 356 g/mol. The molecule has 3 heterocycles. The molecule has 1 aliphatic heterocycles. The zero-order valence-electron chi connectivity index (χ0n) is 13.4. The van der Waals surface area contributed by atoms with Crippen molar-refractivity contribution in [3.8, 4) is 21.9 Å². The Morgan fingerprint density at radius 2 is 2.08 bits per heavy atom. The van der Waals surface area contributed by atoms with Crippen LogP contribution in [-0.2, 0) is 11.3 Å². The third-order valence-electron chi connectivity index (χ3n) is 3.75. The number of nitrogens with zero attached hydrogens (tertiary/aromatic N) is 2. The van der Waals surface area contributed by atoms with Gasteiger partial charge in [0.15, 0.2) is 11.5 Å². The third kappa shape index (κ3) is 3.51. The van der Waals surface area contributed by atoms with Gasteiger partial charge in [-0.15, -0.1) is 11.3 Å². The lowest BCUT2D eigenvalue weighted by atomic mass is 10.1. The van der Waals surface area contributed by atoms with E-state index in [1.807, 2.05) is 36.5 Å². The van der Waals surface area contributed by atoms with Crippen LogP contribution in [0.25, 0.3) is 10.4 Å². The van der Waals surface area contributed by atoms with Crippen LogP contribution in [0.4, 0.5) is 0 Å². The van der Waals surface area contributed by atoms with Gasteiger partial charge in [0.2, 0.25) is 0 Å². The Labute approximate surface area is 148 Å². The zero-order chi connectivity index (χ0) is 17.1. The Morgan fingerprint density at radius 3 is 2.92 bits per heavy atom. The summed E-state index contributed by atoms with van der Waals surface area (Å²) in [7, 11) is 0. The fourth-order valence-corrected chi connectivity index (χ4v) is 3.43. The summed E-state index contributed by atoms with van der Waals surface area (Å²) in [6, 6.07) is 11.3. The van der Waals surface area contributed by atoms with Crippen LogP contribution in [0, 0.1) is 0 Å². The molecule has 0 bridgehead atoms. The van der Waals surface area contributed by atoms with Gasteiger partial charge >= 0.3 is 5.97 Å². The lowest BCUT2D eigenvalue weighted by molar-refractivity contribution is 0.0493. The first kappa shape index (κ1) is 15.7. The third-order valence-corrected chi connectivity index (χ3v) is 4.86. The van der Waals surface area contributed by atoms with Crippen molar-refractivity contribution in [1.82, 2.24) is 9.78 Å². The van der Waals surface area contributed by atoms with Crippen molar-refractivity contribution in [1.29, 1.82) is 0 Å². The summed E-state index contributed by atoms with van der Waals surface area (Å²) in [5.41, 5.74) is 0.991. The lowest BCUT2D eigenvalue weighted by Gasteiger charge is -2.18. The van der Waals surface area contributed by atoms with Crippen LogP contribution in [0.3, 0.4) is 0 Å². The topological polar surface area (TPSA) is 62.6 Å². The Morgan fingerprint density at radius 1 is 1.20 bits per heavy atom. The molecule has 0 N–H and O–H groups in total. The summed E-state index contributed by atoms with van der Waals surface area (Å²) < 4.78 is 18.2. The fraction of sp³-hybridized carbons (Fsp3) is 0.222. The molecular formula is C18H16N2O4S. The predicted octanol–water partition coefficient (Wildman–Crippen LogP) is 3.24. The van der Waals surface area contributed by atoms with Gasteiger partial charge < -0.3 is 14.2 Å². The summed E-state index contributed by atoms with van der Waals surface area (Å²) in [5.74, 6) is 1.17. The number of carbonyl (C=O) groups is 1. The van der Waals surface area contributed by atoms with Crippen molar-refractivity contribution in [2.24, 2.45) is 0 Å². The minimum Gasteiger partial charge on any atom is -0.486 e. The number of esters is 1. The van der Waals surface area contributed by atoms with E-state index in [2.05, 4.69) is 5.10 Å². The second kappa shape index (κ2) is 6.98. The maximum atomic E-state index is 12.2. The Balaban J connectivity index is 1.42. The van der Waals surface area contributed by atoms with Crippen molar-refractivity contribution in [2.45, 2.75) is 6.54 Å². The molecular weight excluding hydrogens is 340 g/mol. The number of aromatic nitrogens is 2. The van der Waals surface area contributed by atoms with Gasteiger partial charge in [-0.3, -0.25) is 4.68 Å². The van der Waals surface area contributed by atoms with E-state index in [9.17, 15) is 4.79 Å². The van der Waals surface area contributed by atoms with Gasteiger partial charge in [-0.1, -0.05) is 0 Å². The van der Waals surface area contributed by atoms with Crippen LogP contribution in [0.5, 0.6) is 11.5 Å². The average Bonchev–Trinajstić information content (AvgIpc) is 3.33. The molecule has 0 saturated carbocycles. The second-order valence-electron chi connectivity index (χ2n) is 5.43. The van der Waals surface area contributed by atoms with Gasteiger partial charge in [-0.25, -0.2) is 4.79 Å². The van der Waals surface area contributed by atoms with Crippen LogP contribution in [-0.4, -0.2) is 35.6 Å². The van der Waals surface area contributed by atoms with E-state index in [0.717, 1.165) is 21.9 Å². The highest BCUT2D eigenvalue weighted by Gasteiger charge is 2.15. The molecule has 128 valence electrons. The van der Waals surface area contributed by atoms with Crippen LogP contribution >= 0.6 is 11.3 Å². The van der Waals surface area contributed by atoms with E-state index >= 15 is 0 Å². The molecule has 0 radical (unpaired) electrons. The van der Waals surface area contributed by atoms with Crippen LogP contribution in [0.15, 0.2) is 48.8 Å². The number of ether oxygens (including phenoxy) is 3. The summed E-state index contributed by atoms with van der Waals surface area (Å²) in [6.45, 7) is 1.95. The van der Waals surface area contributed by atoms with Crippen molar-refractivity contribution >= 4 is 17.3 Å². The Kier molecular flexibility index (Phi) is 4.39. The predicted molar refractivity (Wildman–Crippen MR) is 93.3 cm³/mol. The highest BCUT2D eigenvalue weighted by Crippen LogP contribution is 2.36. The maximum Gasteiger partial charge on any atom is 0.348 e. The largest absolute Gasteiger partial charge is 0.486 e. The number of rotatable bonds is 5. The van der Waals surface area contributed by atoms with E-state index in [0.29, 0.717) is 24.6 Å². The van der Waals surface area contributed by atoms with Crippen molar-refractivity contribution in [3.63, 3.8) is 0 Å². The molecule has 0 saturated heterocycles. The highest BCUT2D eigenvalue weighted by atomic mass is 32.1. The number of hydrogen-bond donors (Lipinski definition) is 0. The van der Waals surface area contributed by atoms with Crippen molar-refractivity contribution in [2.75, 3.05) is 19.8 Å². The number of thiophene rings is 1. The van der Waals surface area contributed by atoms with Crippen molar-refractivity contribution in [3.05, 3.63) is 53.7 Å². The first-order valence-corrected chi connectivity index (χ1v) is 8.76. The maximum absolute atomic E-state index is 12.2. The monoisotopic (exact) mass is 356 g/mol. The summed E-state index contributed by atoms with van der Waals surface area (Å²) >= 11 is 1.40. The van der Waals surface area contributed by atoms with Gasteiger partial charge in [0, 0.05) is 17.3 Å². The molecule has 0 unspecified atom stereocenters. The number of carbonyl (C=O) groups excluding carboxylic acids is 1. The van der Waals surface area contributed by atoms with Gasteiger partial charge in [-0.05, 0) is 42.0 Å². The van der Waals surface area contributed by atoms with Gasteiger partial charge in [-0.2, -0.15) is 5.10 Å². The smallest absolute Gasteiger partial charge is 0.348 e. The fourth-order valence-electron chi connectivity index (χ4n) is 2.54. The second-order valence-corrected chi connectivity index (χ2v) is 6.51. The summed E-state index contributed by atoms with van der Waals surface area (Å²) in [5, 5.41) is 4.07. The van der Waals surface area contributed by atoms with Gasteiger partial charge in [0.25, 0.3) is 0 Å². The van der Waals surface area contributed by atoms with Crippen molar-refractivity contribution < 1.29 is 19.0 Å². The molecule has 7 heteroatoms. The number of fused-ring (bicyclic) bond motifs is 1. The van der Waals surface area contributed by atoms with Crippen LogP contribution < -0.4 is 9.47 Å². The Bertz CT molecular complexity index is 873. The molecule has 1 aliphatic rings. The summed E-state index contributed by atoms with van der Waals surface area (Å²) in [6.07, 6.45) is 3.53. The molecule has 6 nitrogen and oxygen atoms in total. The SMILES string of the molecule is O=C(OCCn1cccn1)c1ccc(-c2ccc3c(c2)OCCO3)s1. The van der Waals surface area contributed by atoms with E-state index in [1.165, 1.54) is 11.3 Å². The molecule has 0 atom stereocenters. The standard InChI is InChI=1S/C18H16N2O4S/c21-18(24-9-8-20-7-1-6-19-20)17-5-4-16(25-17)13-2-3-14-15(12-13)23-11-10-22-14/h1-7,12H,8-11H2. The minimum absolute atomic E-state index is 0.289. The molecule has 0 fully saturated rings. The molecule has 1 aromatic carbocycles. The molecule has 0 spiro atoms. The van der Waals surface area contributed by atoms with Gasteiger partial charge in [0.1, 0.15) is 24.7 Å².